The molecule has 4 nitrogen and oxygen atoms in total. The Morgan fingerprint density at radius 1 is 1.43 bits per heavy atom. The van der Waals surface area contributed by atoms with E-state index in [9.17, 15) is 0 Å². The number of methoxy groups -OCH3 is 1. The van der Waals surface area contributed by atoms with Crippen LogP contribution in [-0.4, -0.2) is 16.7 Å². The molecule has 0 saturated heterocycles. The molecule has 0 radical (unpaired) electrons. The van der Waals surface area contributed by atoms with Crippen molar-refractivity contribution in [2.45, 2.75) is 38.1 Å². The largest absolute Gasteiger partial charge is 0.468 e. The van der Waals surface area contributed by atoms with Gasteiger partial charge in [-0.05, 0) is 12.8 Å². The van der Waals surface area contributed by atoms with Gasteiger partial charge in [-0.1, -0.05) is 19.3 Å². The topological polar surface area (TPSA) is 53.1 Å². The molecule has 1 saturated carbocycles. The highest BCUT2D eigenvalue weighted by atomic mass is 16.5. The third-order valence-electron chi connectivity index (χ3n) is 2.87. The molecule has 78 valence electrons. The number of anilines is 1. The SMILES string of the molecule is COc1nc(N)cn1C1CCCCC1. The minimum atomic E-state index is 0.531. The molecular formula is C10H17N3O. The summed E-state index contributed by atoms with van der Waals surface area (Å²) in [5, 5.41) is 0. The summed E-state index contributed by atoms with van der Waals surface area (Å²) in [5.41, 5.74) is 5.65. The summed E-state index contributed by atoms with van der Waals surface area (Å²) >= 11 is 0. The van der Waals surface area contributed by atoms with Crippen LogP contribution < -0.4 is 10.5 Å². The van der Waals surface area contributed by atoms with Crippen molar-refractivity contribution >= 4 is 5.82 Å². The first-order valence-corrected chi connectivity index (χ1v) is 5.19. The van der Waals surface area contributed by atoms with Crippen LogP contribution in [0.4, 0.5) is 5.82 Å². The predicted octanol–water partition coefficient (Wildman–Crippen LogP) is 1.98. The van der Waals surface area contributed by atoms with Crippen LogP contribution in [0.25, 0.3) is 0 Å². The molecule has 1 aromatic heterocycles. The van der Waals surface area contributed by atoms with E-state index in [0.717, 1.165) is 0 Å². The van der Waals surface area contributed by atoms with Gasteiger partial charge in [0, 0.05) is 6.04 Å². The second-order valence-corrected chi connectivity index (χ2v) is 3.85. The predicted molar refractivity (Wildman–Crippen MR) is 55.3 cm³/mol. The summed E-state index contributed by atoms with van der Waals surface area (Å²) in [6.45, 7) is 0. The lowest BCUT2D eigenvalue weighted by atomic mass is 9.95. The molecule has 14 heavy (non-hydrogen) atoms. The van der Waals surface area contributed by atoms with Gasteiger partial charge in [-0.2, -0.15) is 4.98 Å². The van der Waals surface area contributed by atoms with Crippen molar-refractivity contribution in [3.63, 3.8) is 0 Å². The van der Waals surface area contributed by atoms with E-state index in [1.54, 1.807) is 7.11 Å². The fraction of sp³-hybridized carbons (Fsp3) is 0.700. The van der Waals surface area contributed by atoms with E-state index >= 15 is 0 Å². The van der Waals surface area contributed by atoms with Gasteiger partial charge in [-0.15, -0.1) is 0 Å². The van der Waals surface area contributed by atoms with Gasteiger partial charge in [0.15, 0.2) is 0 Å². The molecule has 0 atom stereocenters. The van der Waals surface area contributed by atoms with Gasteiger partial charge in [0.25, 0.3) is 6.01 Å². The number of hydrogen-bond donors (Lipinski definition) is 1. The average molecular weight is 195 g/mol. The zero-order valence-electron chi connectivity index (χ0n) is 8.57. The van der Waals surface area contributed by atoms with Crippen LogP contribution in [-0.2, 0) is 0 Å². The minimum Gasteiger partial charge on any atom is -0.468 e. The molecule has 2 rings (SSSR count). The number of imidazole rings is 1. The summed E-state index contributed by atoms with van der Waals surface area (Å²) in [7, 11) is 1.64. The van der Waals surface area contributed by atoms with Crippen molar-refractivity contribution in [1.82, 2.24) is 9.55 Å². The molecule has 1 aliphatic rings. The number of nitrogens with zero attached hydrogens (tertiary/aromatic N) is 2. The van der Waals surface area contributed by atoms with E-state index in [2.05, 4.69) is 9.55 Å². The molecule has 0 unspecified atom stereocenters. The average Bonchev–Trinajstić information content (AvgIpc) is 2.61. The molecule has 0 spiro atoms. The maximum atomic E-state index is 5.65. The van der Waals surface area contributed by atoms with E-state index in [4.69, 9.17) is 10.5 Å². The Kier molecular flexibility index (Phi) is 2.61. The van der Waals surface area contributed by atoms with Gasteiger partial charge in [0.05, 0.1) is 13.3 Å². The quantitative estimate of drug-likeness (QED) is 0.785. The third-order valence-corrected chi connectivity index (χ3v) is 2.87. The standard InChI is InChI=1S/C10H17N3O/c1-14-10-12-9(11)7-13(10)8-5-3-2-4-6-8/h7-8H,2-6,11H2,1H3. The number of nitrogen functional groups attached to an aromatic ring is 1. The van der Waals surface area contributed by atoms with Crippen molar-refractivity contribution in [3.05, 3.63) is 6.20 Å². The highest BCUT2D eigenvalue weighted by Gasteiger charge is 2.19. The zero-order chi connectivity index (χ0) is 9.97. The van der Waals surface area contributed by atoms with Crippen LogP contribution >= 0.6 is 0 Å². The van der Waals surface area contributed by atoms with Crippen LogP contribution in [0.15, 0.2) is 6.20 Å². The third kappa shape index (κ3) is 1.69. The van der Waals surface area contributed by atoms with Crippen molar-refractivity contribution in [2.24, 2.45) is 0 Å². The Morgan fingerprint density at radius 2 is 2.14 bits per heavy atom. The second-order valence-electron chi connectivity index (χ2n) is 3.85. The fourth-order valence-electron chi connectivity index (χ4n) is 2.17. The first-order valence-electron chi connectivity index (χ1n) is 5.19. The Hall–Kier alpha value is -1.19. The molecule has 4 heteroatoms. The molecule has 0 amide bonds. The van der Waals surface area contributed by atoms with E-state index < -0.39 is 0 Å². The maximum Gasteiger partial charge on any atom is 0.298 e. The van der Waals surface area contributed by atoms with Crippen LogP contribution in [0, 0.1) is 0 Å². The normalized spacial score (nSPS) is 18.4. The fourth-order valence-corrected chi connectivity index (χ4v) is 2.17. The summed E-state index contributed by atoms with van der Waals surface area (Å²) in [5.74, 6) is 0.549. The zero-order valence-corrected chi connectivity index (χ0v) is 8.57. The lowest BCUT2D eigenvalue weighted by molar-refractivity contribution is 0.294. The first-order chi connectivity index (χ1) is 6.81. The van der Waals surface area contributed by atoms with Crippen LogP contribution in [0.5, 0.6) is 6.01 Å². The van der Waals surface area contributed by atoms with Gasteiger partial charge < -0.3 is 10.5 Å². The Labute approximate surface area is 84.1 Å². The number of aromatic nitrogens is 2. The molecule has 1 aliphatic carbocycles. The van der Waals surface area contributed by atoms with Crippen LogP contribution in [0.3, 0.4) is 0 Å². The highest BCUT2D eigenvalue weighted by Crippen LogP contribution is 2.31. The van der Waals surface area contributed by atoms with Gasteiger partial charge in [0.1, 0.15) is 5.82 Å². The van der Waals surface area contributed by atoms with Crippen molar-refractivity contribution in [3.8, 4) is 6.01 Å². The summed E-state index contributed by atoms with van der Waals surface area (Å²) in [4.78, 5) is 4.12. The number of rotatable bonds is 2. The van der Waals surface area contributed by atoms with Crippen molar-refractivity contribution in [1.29, 1.82) is 0 Å². The monoisotopic (exact) mass is 195 g/mol. The van der Waals surface area contributed by atoms with Crippen LogP contribution in [0.2, 0.25) is 0 Å². The lowest BCUT2D eigenvalue weighted by Gasteiger charge is -2.23. The summed E-state index contributed by atoms with van der Waals surface area (Å²) in [6, 6.07) is 1.18. The lowest BCUT2D eigenvalue weighted by Crippen LogP contribution is -2.13. The Bertz CT molecular complexity index is 302. The maximum absolute atomic E-state index is 5.65. The van der Waals surface area contributed by atoms with E-state index in [1.165, 1.54) is 32.1 Å². The Balaban J connectivity index is 2.20. The van der Waals surface area contributed by atoms with E-state index in [1.807, 2.05) is 6.20 Å². The number of hydrogen-bond acceptors (Lipinski definition) is 3. The van der Waals surface area contributed by atoms with Crippen molar-refractivity contribution < 1.29 is 4.74 Å². The molecule has 0 aromatic carbocycles. The molecule has 1 heterocycles. The minimum absolute atomic E-state index is 0.531. The summed E-state index contributed by atoms with van der Waals surface area (Å²) in [6.07, 6.45) is 8.26. The molecule has 0 bridgehead atoms. The smallest absolute Gasteiger partial charge is 0.298 e. The molecule has 1 fully saturated rings. The van der Waals surface area contributed by atoms with Gasteiger partial charge >= 0.3 is 0 Å². The number of nitrogens with two attached hydrogens (primary N) is 1. The van der Waals surface area contributed by atoms with Gasteiger partial charge in [-0.3, -0.25) is 4.57 Å². The van der Waals surface area contributed by atoms with Gasteiger partial charge in [-0.25, -0.2) is 0 Å². The van der Waals surface area contributed by atoms with E-state index in [-0.39, 0.29) is 0 Å². The van der Waals surface area contributed by atoms with Crippen molar-refractivity contribution in [2.75, 3.05) is 12.8 Å². The highest BCUT2D eigenvalue weighted by molar-refractivity contribution is 5.28. The molecule has 0 aliphatic heterocycles. The molecular weight excluding hydrogens is 178 g/mol. The summed E-state index contributed by atoms with van der Waals surface area (Å²) < 4.78 is 7.27. The van der Waals surface area contributed by atoms with E-state index in [0.29, 0.717) is 17.9 Å². The molecule has 2 N–H and O–H groups in total. The first kappa shape index (κ1) is 9.37. The van der Waals surface area contributed by atoms with Crippen LogP contribution in [0.1, 0.15) is 38.1 Å². The van der Waals surface area contributed by atoms with Gasteiger partial charge in [0.2, 0.25) is 0 Å². The Morgan fingerprint density at radius 3 is 2.79 bits per heavy atom. The number of ether oxygens (including phenoxy) is 1. The molecule has 1 aromatic rings. The second kappa shape index (κ2) is 3.90.